The fraction of sp³-hybridized carbons (Fsp3) is 0.500. The molecule has 0 radical (unpaired) electrons. The van der Waals surface area contributed by atoms with Crippen LogP contribution in [0.2, 0.25) is 0 Å². The third kappa shape index (κ3) is 3.94. The van der Waals surface area contributed by atoms with Gasteiger partial charge >= 0.3 is 5.97 Å². The lowest BCUT2D eigenvalue weighted by Gasteiger charge is -2.37. The van der Waals surface area contributed by atoms with E-state index in [1.54, 1.807) is 12.0 Å². The summed E-state index contributed by atoms with van der Waals surface area (Å²) in [6, 6.07) is 7.30. The van der Waals surface area contributed by atoms with E-state index >= 15 is 0 Å². The molecule has 2 atom stereocenters. The van der Waals surface area contributed by atoms with Crippen LogP contribution in [0.25, 0.3) is 0 Å². The number of ether oxygens (including phenoxy) is 1. The molecule has 1 aromatic rings. The van der Waals surface area contributed by atoms with Crippen LogP contribution in [0.3, 0.4) is 0 Å². The molecule has 120 valence electrons. The molecule has 6 heteroatoms. The van der Waals surface area contributed by atoms with Crippen molar-refractivity contribution in [3.05, 3.63) is 24.3 Å². The summed E-state index contributed by atoms with van der Waals surface area (Å²) in [6.45, 7) is 2.47. The van der Waals surface area contributed by atoms with Crippen molar-refractivity contribution in [2.24, 2.45) is 5.92 Å². The molecule has 0 aliphatic carbocycles. The normalized spacial score (nSPS) is 21.5. The molecule has 1 heterocycles. The molecule has 5 nitrogen and oxygen atoms in total. The van der Waals surface area contributed by atoms with Crippen molar-refractivity contribution in [1.82, 2.24) is 4.90 Å². The Morgan fingerprint density at radius 2 is 2.05 bits per heavy atom. The number of thioether (sulfide) groups is 1. The summed E-state index contributed by atoms with van der Waals surface area (Å²) in [7, 11) is 1.61. The van der Waals surface area contributed by atoms with Crippen LogP contribution < -0.4 is 4.74 Å². The molecule has 0 unspecified atom stereocenters. The second-order valence-electron chi connectivity index (χ2n) is 5.38. The van der Waals surface area contributed by atoms with Crippen molar-refractivity contribution in [2.45, 2.75) is 30.7 Å². The first kappa shape index (κ1) is 16.7. The van der Waals surface area contributed by atoms with E-state index in [0.717, 1.165) is 17.1 Å². The minimum atomic E-state index is -0.812. The number of methoxy groups -OCH3 is 1. The van der Waals surface area contributed by atoms with E-state index in [1.165, 1.54) is 11.8 Å². The van der Waals surface area contributed by atoms with Gasteiger partial charge in [-0.2, -0.15) is 0 Å². The highest BCUT2D eigenvalue weighted by Gasteiger charge is 2.35. The van der Waals surface area contributed by atoms with E-state index in [9.17, 15) is 14.7 Å². The number of piperidine rings is 1. The summed E-state index contributed by atoms with van der Waals surface area (Å²) in [5, 5.41) is 9.21. The fourth-order valence-corrected chi connectivity index (χ4v) is 3.51. The predicted molar refractivity (Wildman–Crippen MR) is 85.3 cm³/mol. The van der Waals surface area contributed by atoms with E-state index in [-0.39, 0.29) is 11.9 Å². The highest BCUT2D eigenvalue weighted by Crippen LogP contribution is 2.26. The van der Waals surface area contributed by atoms with Crippen molar-refractivity contribution in [2.75, 3.05) is 19.4 Å². The quantitative estimate of drug-likeness (QED) is 0.843. The first-order valence-corrected chi connectivity index (χ1v) is 8.30. The van der Waals surface area contributed by atoms with Crippen LogP contribution in [0.15, 0.2) is 29.2 Å². The monoisotopic (exact) mass is 323 g/mol. The summed E-state index contributed by atoms with van der Waals surface area (Å²) in [4.78, 5) is 26.3. The lowest BCUT2D eigenvalue weighted by molar-refractivity contribution is -0.148. The molecule has 0 saturated carbocycles. The number of carboxylic acid groups (broad SMARTS) is 1. The van der Waals surface area contributed by atoms with Gasteiger partial charge in [-0.05, 0) is 44.0 Å². The maximum atomic E-state index is 12.4. The standard InChI is InChI=1S/C16H21NO4S/c1-11-14(16(19)20)4-3-9-17(11)15(18)10-22-13-7-5-12(21-2)6-8-13/h5-8,11,14H,3-4,9-10H2,1-2H3,(H,19,20)/t11-,14-/m0/s1. The van der Waals surface area contributed by atoms with E-state index in [0.29, 0.717) is 18.7 Å². The molecule has 1 aliphatic rings. The average molecular weight is 323 g/mol. The molecular weight excluding hydrogens is 302 g/mol. The molecule has 1 amide bonds. The molecule has 1 aliphatic heterocycles. The van der Waals surface area contributed by atoms with Crippen LogP contribution in [-0.2, 0) is 9.59 Å². The van der Waals surface area contributed by atoms with E-state index in [2.05, 4.69) is 0 Å². The Balaban J connectivity index is 1.92. The molecule has 0 spiro atoms. The number of aliphatic carboxylic acids is 1. The summed E-state index contributed by atoms with van der Waals surface area (Å²) < 4.78 is 5.10. The van der Waals surface area contributed by atoms with Crippen LogP contribution in [0.4, 0.5) is 0 Å². The molecule has 1 N–H and O–H groups in total. The fourth-order valence-electron chi connectivity index (χ4n) is 2.73. The van der Waals surface area contributed by atoms with E-state index in [1.807, 2.05) is 31.2 Å². The Morgan fingerprint density at radius 1 is 1.36 bits per heavy atom. The molecule has 1 saturated heterocycles. The number of hydrogen-bond donors (Lipinski definition) is 1. The smallest absolute Gasteiger partial charge is 0.308 e. The number of hydrogen-bond acceptors (Lipinski definition) is 4. The third-order valence-electron chi connectivity index (χ3n) is 4.05. The van der Waals surface area contributed by atoms with Crippen LogP contribution in [0.1, 0.15) is 19.8 Å². The number of carboxylic acids is 1. The van der Waals surface area contributed by atoms with Gasteiger partial charge in [0.2, 0.25) is 5.91 Å². The van der Waals surface area contributed by atoms with Gasteiger partial charge in [-0.3, -0.25) is 9.59 Å². The number of likely N-dealkylation sites (tertiary alicyclic amines) is 1. The van der Waals surface area contributed by atoms with Crippen LogP contribution >= 0.6 is 11.8 Å². The molecular formula is C16H21NO4S. The number of nitrogens with zero attached hydrogens (tertiary/aromatic N) is 1. The number of benzene rings is 1. The predicted octanol–water partition coefficient (Wildman–Crippen LogP) is 2.50. The van der Waals surface area contributed by atoms with Crippen molar-refractivity contribution in [3.8, 4) is 5.75 Å². The first-order valence-electron chi connectivity index (χ1n) is 7.32. The lowest BCUT2D eigenvalue weighted by atomic mass is 9.90. The molecule has 2 rings (SSSR count). The van der Waals surface area contributed by atoms with Crippen molar-refractivity contribution >= 4 is 23.6 Å². The van der Waals surface area contributed by atoms with Gasteiger partial charge in [0, 0.05) is 17.5 Å². The molecule has 22 heavy (non-hydrogen) atoms. The largest absolute Gasteiger partial charge is 0.497 e. The summed E-state index contributed by atoms with van der Waals surface area (Å²) in [5.41, 5.74) is 0. The zero-order valence-corrected chi connectivity index (χ0v) is 13.6. The van der Waals surface area contributed by atoms with Crippen LogP contribution in [0.5, 0.6) is 5.75 Å². The maximum absolute atomic E-state index is 12.4. The Hall–Kier alpha value is -1.69. The average Bonchev–Trinajstić information content (AvgIpc) is 2.53. The zero-order valence-electron chi connectivity index (χ0n) is 12.8. The summed E-state index contributed by atoms with van der Waals surface area (Å²) in [6.07, 6.45) is 1.39. The Morgan fingerprint density at radius 3 is 2.64 bits per heavy atom. The van der Waals surface area contributed by atoms with Crippen molar-refractivity contribution in [1.29, 1.82) is 0 Å². The van der Waals surface area contributed by atoms with Gasteiger partial charge < -0.3 is 14.7 Å². The Labute approximate surface area is 134 Å². The van der Waals surface area contributed by atoms with E-state index < -0.39 is 11.9 Å². The Bertz CT molecular complexity index is 531. The number of rotatable bonds is 5. The topological polar surface area (TPSA) is 66.8 Å². The molecule has 0 aromatic heterocycles. The minimum absolute atomic E-state index is 0.000678. The van der Waals surface area contributed by atoms with Crippen LogP contribution in [-0.4, -0.2) is 47.3 Å². The number of amides is 1. The second kappa shape index (κ2) is 7.54. The number of carbonyl (C=O) groups is 2. The van der Waals surface area contributed by atoms with Gasteiger partial charge in [0.25, 0.3) is 0 Å². The summed E-state index contributed by atoms with van der Waals surface area (Å²) >= 11 is 1.46. The van der Waals surface area contributed by atoms with Gasteiger partial charge in [0.15, 0.2) is 0 Å². The van der Waals surface area contributed by atoms with Gasteiger partial charge in [-0.15, -0.1) is 11.8 Å². The molecule has 1 aromatic carbocycles. The van der Waals surface area contributed by atoms with Gasteiger partial charge in [-0.1, -0.05) is 0 Å². The van der Waals surface area contributed by atoms with Gasteiger partial charge in [0.1, 0.15) is 5.75 Å². The third-order valence-corrected chi connectivity index (χ3v) is 5.04. The highest BCUT2D eigenvalue weighted by atomic mass is 32.2. The SMILES string of the molecule is COc1ccc(SCC(=O)N2CCC[C@H](C(=O)O)[C@@H]2C)cc1. The van der Waals surface area contributed by atoms with Gasteiger partial charge in [-0.25, -0.2) is 0 Å². The zero-order chi connectivity index (χ0) is 16.1. The highest BCUT2D eigenvalue weighted by molar-refractivity contribution is 8.00. The van der Waals surface area contributed by atoms with Crippen molar-refractivity contribution in [3.63, 3.8) is 0 Å². The molecule has 1 fully saturated rings. The lowest BCUT2D eigenvalue weighted by Crippen LogP contribution is -2.49. The first-order chi connectivity index (χ1) is 10.5. The maximum Gasteiger partial charge on any atom is 0.308 e. The van der Waals surface area contributed by atoms with Crippen molar-refractivity contribution < 1.29 is 19.4 Å². The second-order valence-corrected chi connectivity index (χ2v) is 6.43. The number of carbonyl (C=O) groups excluding carboxylic acids is 1. The molecule has 0 bridgehead atoms. The van der Waals surface area contributed by atoms with Crippen LogP contribution in [0, 0.1) is 5.92 Å². The summed E-state index contributed by atoms with van der Waals surface area (Å²) in [5.74, 6) is -0.163. The van der Waals surface area contributed by atoms with E-state index in [4.69, 9.17) is 4.74 Å². The minimum Gasteiger partial charge on any atom is -0.497 e. The Kier molecular flexibility index (Phi) is 5.71. The van der Waals surface area contributed by atoms with Gasteiger partial charge in [0.05, 0.1) is 18.8 Å².